The molecule has 0 saturated carbocycles. The van der Waals surface area contributed by atoms with Crippen LogP contribution >= 0.6 is 0 Å². The summed E-state index contributed by atoms with van der Waals surface area (Å²) in [5.41, 5.74) is 1.02. The molecule has 2 aliphatic rings. The second-order valence-electron chi connectivity index (χ2n) is 5.83. The van der Waals surface area contributed by atoms with Crippen molar-refractivity contribution in [2.45, 2.75) is 37.5 Å². The van der Waals surface area contributed by atoms with E-state index < -0.39 is 10.0 Å². The van der Waals surface area contributed by atoms with E-state index in [0.29, 0.717) is 23.9 Å². The first-order valence-electron chi connectivity index (χ1n) is 7.33. The molecule has 2 heterocycles. The first kappa shape index (κ1) is 13.9. The molecule has 20 heavy (non-hydrogen) atoms. The fourth-order valence-corrected chi connectivity index (χ4v) is 4.66. The van der Waals surface area contributed by atoms with Gasteiger partial charge in [0.05, 0.1) is 11.5 Å². The van der Waals surface area contributed by atoms with Crippen LogP contribution < -0.4 is 4.74 Å². The van der Waals surface area contributed by atoms with Crippen LogP contribution in [0.5, 0.6) is 5.75 Å². The van der Waals surface area contributed by atoms with Crippen LogP contribution in [-0.4, -0.2) is 32.4 Å². The van der Waals surface area contributed by atoms with E-state index in [9.17, 15) is 8.42 Å². The minimum absolute atomic E-state index is 0.413. The molecule has 4 nitrogen and oxygen atoms in total. The van der Waals surface area contributed by atoms with E-state index in [0.717, 1.165) is 43.6 Å². The number of ether oxygens (including phenoxy) is 1. The van der Waals surface area contributed by atoms with Crippen LogP contribution in [-0.2, 0) is 16.4 Å². The molecule has 0 aliphatic carbocycles. The van der Waals surface area contributed by atoms with E-state index in [4.69, 9.17) is 4.74 Å². The lowest BCUT2D eigenvalue weighted by Gasteiger charge is -2.30. The van der Waals surface area contributed by atoms with Crippen molar-refractivity contribution in [3.8, 4) is 5.75 Å². The number of hydrogen-bond acceptors (Lipinski definition) is 3. The fraction of sp³-hybridized carbons (Fsp3) is 0.600. The van der Waals surface area contributed by atoms with E-state index in [1.165, 1.54) is 0 Å². The molecule has 1 atom stereocenters. The van der Waals surface area contributed by atoms with Gasteiger partial charge < -0.3 is 4.74 Å². The van der Waals surface area contributed by atoms with Crippen LogP contribution in [0.25, 0.3) is 0 Å². The van der Waals surface area contributed by atoms with Crippen molar-refractivity contribution in [3.63, 3.8) is 0 Å². The minimum atomic E-state index is -3.35. The molecular formula is C15H21NO3S. The number of aryl methyl sites for hydroxylation is 1. The van der Waals surface area contributed by atoms with Gasteiger partial charge in [0.25, 0.3) is 0 Å². The van der Waals surface area contributed by atoms with E-state index >= 15 is 0 Å². The van der Waals surface area contributed by atoms with Gasteiger partial charge in [-0.05, 0) is 55.4 Å². The van der Waals surface area contributed by atoms with Gasteiger partial charge in [-0.3, -0.25) is 0 Å². The maximum Gasteiger partial charge on any atom is 0.243 e. The van der Waals surface area contributed by atoms with Crippen LogP contribution in [0, 0.1) is 5.92 Å². The van der Waals surface area contributed by atoms with Crippen LogP contribution in [0.3, 0.4) is 0 Å². The predicted octanol–water partition coefficient (Wildman–Crippen LogP) is 2.43. The summed E-state index contributed by atoms with van der Waals surface area (Å²) in [5.74, 6) is 1.28. The Kier molecular flexibility index (Phi) is 3.73. The highest BCUT2D eigenvalue weighted by Crippen LogP contribution is 2.30. The summed E-state index contributed by atoms with van der Waals surface area (Å²) >= 11 is 0. The minimum Gasteiger partial charge on any atom is -0.493 e. The van der Waals surface area contributed by atoms with Crippen molar-refractivity contribution >= 4 is 10.0 Å². The Morgan fingerprint density at radius 1 is 1.30 bits per heavy atom. The third-order valence-corrected chi connectivity index (χ3v) is 6.00. The number of rotatable bonds is 2. The number of benzene rings is 1. The standard InChI is InChI=1S/C15H21NO3S/c1-12-4-2-8-16(11-12)20(17,18)14-6-7-15-13(10-14)5-3-9-19-15/h6-7,10,12H,2-5,8-9,11H2,1H3. The molecule has 1 fully saturated rings. The maximum atomic E-state index is 12.7. The molecular weight excluding hydrogens is 274 g/mol. The van der Waals surface area contributed by atoms with Crippen molar-refractivity contribution < 1.29 is 13.2 Å². The Morgan fingerprint density at radius 3 is 2.95 bits per heavy atom. The summed E-state index contributed by atoms with van der Waals surface area (Å²) in [6.07, 6.45) is 3.92. The molecule has 5 heteroatoms. The lowest BCUT2D eigenvalue weighted by Crippen LogP contribution is -2.39. The molecule has 1 aromatic carbocycles. The molecule has 0 N–H and O–H groups in total. The normalized spacial score (nSPS) is 23.9. The average Bonchev–Trinajstić information content (AvgIpc) is 2.46. The zero-order valence-corrected chi connectivity index (χ0v) is 12.7. The molecule has 0 bridgehead atoms. The predicted molar refractivity (Wildman–Crippen MR) is 77.4 cm³/mol. The molecule has 3 rings (SSSR count). The monoisotopic (exact) mass is 295 g/mol. The van der Waals surface area contributed by atoms with E-state index in [1.807, 2.05) is 0 Å². The van der Waals surface area contributed by atoms with E-state index in [1.54, 1.807) is 22.5 Å². The van der Waals surface area contributed by atoms with Crippen molar-refractivity contribution in [3.05, 3.63) is 23.8 Å². The fourth-order valence-electron chi connectivity index (χ4n) is 3.01. The van der Waals surface area contributed by atoms with Crippen LogP contribution in [0.4, 0.5) is 0 Å². The summed E-state index contributed by atoms with van der Waals surface area (Å²) in [5, 5.41) is 0. The first-order valence-corrected chi connectivity index (χ1v) is 8.77. The molecule has 0 aromatic heterocycles. The van der Waals surface area contributed by atoms with Crippen LogP contribution in [0.2, 0.25) is 0 Å². The van der Waals surface area contributed by atoms with Crippen molar-refractivity contribution in [1.29, 1.82) is 0 Å². The highest BCUT2D eigenvalue weighted by Gasteiger charge is 2.29. The van der Waals surface area contributed by atoms with Gasteiger partial charge in [-0.1, -0.05) is 6.92 Å². The lowest BCUT2D eigenvalue weighted by molar-refractivity contribution is 0.280. The smallest absolute Gasteiger partial charge is 0.243 e. The summed E-state index contributed by atoms with van der Waals surface area (Å²) in [7, 11) is -3.35. The van der Waals surface area contributed by atoms with Gasteiger partial charge in [0.1, 0.15) is 5.75 Å². The number of fused-ring (bicyclic) bond motifs is 1. The summed E-state index contributed by atoms with van der Waals surface area (Å²) in [6, 6.07) is 5.27. The Bertz CT molecular complexity index is 597. The summed E-state index contributed by atoms with van der Waals surface area (Å²) in [6.45, 7) is 4.11. The number of piperidine rings is 1. The second kappa shape index (κ2) is 5.37. The molecule has 0 amide bonds. The molecule has 1 saturated heterocycles. The first-order chi connectivity index (χ1) is 9.57. The highest BCUT2D eigenvalue weighted by molar-refractivity contribution is 7.89. The number of sulfonamides is 1. The van der Waals surface area contributed by atoms with Gasteiger partial charge in [-0.15, -0.1) is 0 Å². The topological polar surface area (TPSA) is 46.6 Å². The zero-order chi connectivity index (χ0) is 14.2. The van der Waals surface area contributed by atoms with Gasteiger partial charge in [0, 0.05) is 13.1 Å². The molecule has 0 radical (unpaired) electrons. The van der Waals surface area contributed by atoms with Crippen molar-refractivity contribution in [2.75, 3.05) is 19.7 Å². The molecule has 0 spiro atoms. The Balaban J connectivity index is 1.90. The quantitative estimate of drug-likeness (QED) is 0.842. The molecule has 110 valence electrons. The summed E-state index contributed by atoms with van der Waals surface area (Å²) < 4.78 is 32.6. The average molecular weight is 295 g/mol. The Labute approximate surface area is 120 Å². The highest BCUT2D eigenvalue weighted by atomic mass is 32.2. The maximum absolute atomic E-state index is 12.7. The van der Waals surface area contributed by atoms with Crippen molar-refractivity contribution in [1.82, 2.24) is 4.31 Å². The van der Waals surface area contributed by atoms with Crippen LogP contribution in [0.15, 0.2) is 23.1 Å². The zero-order valence-electron chi connectivity index (χ0n) is 11.8. The third kappa shape index (κ3) is 2.56. The number of nitrogens with zero attached hydrogens (tertiary/aromatic N) is 1. The molecule has 1 unspecified atom stereocenters. The van der Waals surface area contributed by atoms with Gasteiger partial charge in [0.15, 0.2) is 0 Å². The van der Waals surface area contributed by atoms with Gasteiger partial charge in [-0.25, -0.2) is 8.42 Å². The Morgan fingerprint density at radius 2 is 2.15 bits per heavy atom. The Hall–Kier alpha value is -1.07. The van der Waals surface area contributed by atoms with Crippen LogP contribution in [0.1, 0.15) is 31.7 Å². The van der Waals surface area contributed by atoms with Crippen molar-refractivity contribution in [2.24, 2.45) is 5.92 Å². The number of hydrogen-bond donors (Lipinski definition) is 0. The lowest BCUT2D eigenvalue weighted by atomic mass is 10.0. The molecule has 1 aromatic rings. The summed E-state index contributed by atoms with van der Waals surface area (Å²) in [4.78, 5) is 0.413. The SMILES string of the molecule is CC1CCCN(S(=O)(=O)c2ccc3c(c2)CCCO3)C1. The van der Waals surface area contributed by atoms with E-state index in [-0.39, 0.29) is 0 Å². The second-order valence-corrected chi connectivity index (χ2v) is 7.77. The third-order valence-electron chi connectivity index (χ3n) is 4.14. The van der Waals surface area contributed by atoms with Gasteiger partial charge in [0.2, 0.25) is 10.0 Å². The largest absolute Gasteiger partial charge is 0.493 e. The van der Waals surface area contributed by atoms with E-state index in [2.05, 4.69) is 6.92 Å². The molecule has 2 aliphatic heterocycles. The van der Waals surface area contributed by atoms with Gasteiger partial charge in [-0.2, -0.15) is 4.31 Å². The van der Waals surface area contributed by atoms with Gasteiger partial charge >= 0.3 is 0 Å².